The lowest BCUT2D eigenvalue weighted by Gasteiger charge is -2.21. The molecular formula is C23H24N6O4. The van der Waals surface area contributed by atoms with Crippen molar-refractivity contribution in [3.63, 3.8) is 0 Å². The second-order valence-corrected chi connectivity index (χ2v) is 8.53. The summed E-state index contributed by atoms with van der Waals surface area (Å²) in [6.45, 7) is 0.672. The van der Waals surface area contributed by atoms with Gasteiger partial charge in [-0.1, -0.05) is 0 Å². The number of hydrogen-bond donors (Lipinski definition) is 2. The van der Waals surface area contributed by atoms with Crippen LogP contribution in [0.25, 0.3) is 0 Å². The highest BCUT2D eigenvalue weighted by Crippen LogP contribution is 2.36. The molecule has 2 saturated carbocycles. The Kier molecular flexibility index (Phi) is 5.41. The van der Waals surface area contributed by atoms with Gasteiger partial charge in [0, 0.05) is 43.4 Å². The fraction of sp³-hybridized carbons (Fsp3) is 0.348. The normalized spacial score (nSPS) is 15.2. The molecule has 0 radical (unpaired) electrons. The van der Waals surface area contributed by atoms with Crippen LogP contribution in [0.4, 0.5) is 11.6 Å². The first-order valence-electron chi connectivity index (χ1n) is 10.9. The van der Waals surface area contributed by atoms with Crippen molar-refractivity contribution >= 4 is 23.5 Å². The van der Waals surface area contributed by atoms with Gasteiger partial charge in [0.1, 0.15) is 11.5 Å². The summed E-state index contributed by atoms with van der Waals surface area (Å²) in [6, 6.07) is 5.86. The Morgan fingerprint density at radius 3 is 2.64 bits per heavy atom. The Hall–Kier alpha value is -3.95. The second-order valence-electron chi connectivity index (χ2n) is 8.53. The number of hydrogen-bond acceptors (Lipinski definition) is 7. The Morgan fingerprint density at radius 2 is 2.00 bits per heavy atom. The van der Waals surface area contributed by atoms with Crippen molar-refractivity contribution in [3.8, 4) is 17.4 Å². The molecule has 2 heterocycles. The van der Waals surface area contributed by atoms with Crippen molar-refractivity contribution in [2.75, 3.05) is 16.8 Å². The average Bonchev–Trinajstić information content (AvgIpc) is 3.72. The van der Waals surface area contributed by atoms with Crippen molar-refractivity contribution in [3.05, 3.63) is 48.4 Å². The number of phenolic OH excluding ortho intramolecular Hbond substituents is 1. The first-order chi connectivity index (χ1) is 15.9. The van der Waals surface area contributed by atoms with Crippen LogP contribution in [-0.4, -0.2) is 43.2 Å². The number of aryl methyl sites for hydroxylation is 1. The van der Waals surface area contributed by atoms with E-state index in [9.17, 15) is 14.7 Å². The van der Waals surface area contributed by atoms with Gasteiger partial charge < -0.3 is 15.2 Å². The summed E-state index contributed by atoms with van der Waals surface area (Å²) in [5, 5.41) is 16.8. The fourth-order valence-corrected chi connectivity index (χ4v) is 3.47. The number of phenols is 1. The number of amides is 2. The average molecular weight is 448 g/mol. The summed E-state index contributed by atoms with van der Waals surface area (Å²) in [7, 11) is 1.75. The second kappa shape index (κ2) is 8.53. The number of carbonyl (C=O) groups excluding carboxylic acids is 2. The molecule has 0 aliphatic heterocycles. The van der Waals surface area contributed by atoms with E-state index in [0.29, 0.717) is 24.1 Å². The Balaban J connectivity index is 1.29. The van der Waals surface area contributed by atoms with Gasteiger partial charge in [-0.2, -0.15) is 5.10 Å². The molecule has 10 nitrogen and oxygen atoms in total. The van der Waals surface area contributed by atoms with E-state index in [1.165, 1.54) is 30.6 Å². The van der Waals surface area contributed by atoms with Crippen LogP contribution in [-0.2, 0) is 11.8 Å². The summed E-state index contributed by atoms with van der Waals surface area (Å²) in [6.07, 6.45) is 8.81. The van der Waals surface area contributed by atoms with E-state index in [1.807, 2.05) is 0 Å². The number of benzene rings is 1. The first kappa shape index (κ1) is 20.9. The van der Waals surface area contributed by atoms with E-state index in [0.717, 1.165) is 25.7 Å². The molecule has 0 unspecified atom stereocenters. The molecule has 10 heteroatoms. The third kappa shape index (κ3) is 5.11. The Morgan fingerprint density at radius 1 is 1.18 bits per heavy atom. The van der Waals surface area contributed by atoms with Crippen LogP contribution in [0.1, 0.15) is 36.0 Å². The lowest BCUT2D eigenvalue weighted by atomic mass is 10.2. The number of nitrogens with zero attached hydrogens (tertiary/aromatic N) is 5. The SMILES string of the molecule is Cn1ccc(NC(=O)c2cc(O)cc(Oc3cnc(N(CC4CC4)C(=O)C4CC4)cn3)c2)n1. The first-order valence-corrected chi connectivity index (χ1v) is 10.9. The van der Waals surface area contributed by atoms with Gasteiger partial charge in [-0.15, -0.1) is 0 Å². The quantitative estimate of drug-likeness (QED) is 0.543. The van der Waals surface area contributed by atoms with Gasteiger partial charge in [-0.25, -0.2) is 9.97 Å². The molecule has 2 N–H and O–H groups in total. The molecular weight excluding hydrogens is 424 g/mol. The predicted octanol–water partition coefficient (Wildman–Crippen LogP) is 3.11. The van der Waals surface area contributed by atoms with E-state index < -0.39 is 5.91 Å². The fourth-order valence-electron chi connectivity index (χ4n) is 3.47. The number of anilines is 2. The minimum Gasteiger partial charge on any atom is -0.508 e. The number of carbonyl (C=O) groups is 2. The maximum atomic E-state index is 12.7. The zero-order chi connectivity index (χ0) is 22.9. The Labute approximate surface area is 190 Å². The predicted molar refractivity (Wildman–Crippen MR) is 119 cm³/mol. The van der Waals surface area contributed by atoms with Crippen LogP contribution in [0.3, 0.4) is 0 Å². The summed E-state index contributed by atoms with van der Waals surface area (Å²) in [5.41, 5.74) is 0.200. The van der Waals surface area contributed by atoms with Gasteiger partial charge >= 0.3 is 0 Å². The number of aromatic nitrogens is 4. The van der Waals surface area contributed by atoms with Crippen LogP contribution in [0, 0.1) is 11.8 Å². The minimum atomic E-state index is -0.440. The highest BCUT2D eigenvalue weighted by Gasteiger charge is 2.37. The molecule has 2 aliphatic rings. The monoisotopic (exact) mass is 448 g/mol. The van der Waals surface area contributed by atoms with E-state index in [4.69, 9.17) is 4.74 Å². The van der Waals surface area contributed by atoms with Crippen LogP contribution in [0.15, 0.2) is 42.9 Å². The topological polar surface area (TPSA) is 122 Å². The molecule has 0 saturated heterocycles. The molecule has 33 heavy (non-hydrogen) atoms. The van der Waals surface area contributed by atoms with Crippen LogP contribution in [0.5, 0.6) is 17.4 Å². The van der Waals surface area contributed by atoms with Crippen molar-refractivity contribution in [2.45, 2.75) is 25.7 Å². The highest BCUT2D eigenvalue weighted by atomic mass is 16.5. The number of aromatic hydroxyl groups is 1. The molecule has 0 spiro atoms. The summed E-state index contributed by atoms with van der Waals surface area (Å²) >= 11 is 0. The lowest BCUT2D eigenvalue weighted by molar-refractivity contribution is -0.119. The molecule has 5 rings (SSSR count). The van der Waals surface area contributed by atoms with E-state index in [2.05, 4.69) is 20.4 Å². The van der Waals surface area contributed by atoms with Gasteiger partial charge in [0.15, 0.2) is 11.6 Å². The number of ether oxygens (including phenoxy) is 1. The van der Waals surface area contributed by atoms with Gasteiger partial charge in [0.25, 0.3) is 5.91 Å². The third-order valence-corrected chi connectivity index (χ3v) is 5.55. The molecule has 2 aromatic heterocycles. The van der Waals surface area contributed by atoms with E-state index in [-0.39, 0.29) is 34.8 Å². The third-order valence-electron chi connectivity index (χ3n) is 5.55. The molecule has 170 valence electrons. The van der Waals surface area contributed by atoms with Crippen LogP contribution >= 0.6 is 0 Å². The maximum Gasteiger partial charge on any atom is 0.257 e. The number of nitrogens with one attached hydrogen (secondary N) is 1. The van der Waals surface area contributed by atoms with E-state index >= 15 is 0 Å². The van der Waals surface area contributed by atoms with Crippen molar-refractivity contribution in [1.82, 2.24) is 19.7 Å². The standard InChI is InChI=1S/C23H24N6O4/c1-28-7-6-19(27-28)26-22(31)16-8-17(30)10-18(9-16)33-21-12-24-20(11-25-21)29(13-14-2-3-14)23(32)15-4-5-15/h6-12,14-15,30H,2-5,13H2,1H3,(H,26,27,31). The van der Waals surface area contributed by atoms with Gasteiger partial charge in [-0.3, -0.25) is 19.2 Å². The van der Waals surface area contributed by atoms with E-state index in [1.54, 1.807) is 28.9 Å². The van der Waals surface area contributed by atoms with Crippen LogP contribution < -0.4 is 15.0 Å². The molecule has 0 atom stereocenters. The molecule has 2 aliphatic carbocycles. The maximum absolute atomic E-state index is 12.7. The van der Waals surface area contributed by atoms with Crippen molar-refractivity contribution < 1.29 is 19.4 Å². The molecule has 3 aromatic rings. The zero-order valence-corrected chi connectivity index (χ0v) is 18.1. The van der Waals surface area contributed by atoms with Gasteiger partial charge in [0.2, 0.25) is 11.8 Å². The van der Waals surface area contributed by atoms with Gasteiger partial charge in [-0.05, 0) is 43.7 Å². The van der Waals surface area contributed by atoms with Crippen LogP contribution in [0.2, 0.25) is 0 Å². The van der Waals surface area contributed by atoms with Crippen molar-refractivity contribution in [2.24, 2.45) is 18.9 Å². The molecule has 2 amide bonds. The highest BCUT2D eigenvalue weighted by molar-refractivity contribution is 6.04. The number of rotatable bonds is 8. The Bertz CT molecular complexity index is 1180. The smallest absolute Gasteiger partial charge is 0.257 e. The molecule has 1 aromatic carbocycles. The lowest BCUT2D eigenvalue weighted by Crippen LogP contribution is -2.34. The largest absolute Gasteiger partial charge is 0.508 e. The minimum absolute atomic E-state index is 0.101. The zero-order valence-electron chi connectivity index (χ0n) is 18.1. The van der Waals surface area contributed by atoms with Crippen molar-refractivity contribution in [1.29, 1.82) is 0 Å². The summed E-state index contributed by atoms with van der Waals surface area (Å²) in [5.74, 6) is 1.50. The summed E-state index contributed by atoms with van der Waals surface area (Å²) in [4.78, 5) is 35.6. The molecule has 2 fully saturated rings. The van der Waals surface area contributed by atoms with Gasteiger partial charge in [0.05, 0.1) is 12.4 Å². The summed E-state index contributed by atoms with van der Waals surface area (Å²) < 4.78 is 7.28. The molecule has 0 bridgehead atoms.